The van der Waals surface area contributed by atoms with Crippen molar-refractivity contribution >= 4 is 23.5 Å². The number of hydrogen-bond acceptors (Lipinski definition) is 5. The van der Waals surface area contributed by atoms with Crippen molar-refractivity contribution in [2.45, 2.75) is 6.54 Å². The van der Waals surface area contributed by atoms with Crippen LogP contribution in [0.15, 0.2) is 67.0 Å². The predicted octanol–water partition coefficient (Wildman–Crippen LogP) is 3.49. The van der Waals surface area contributed by atoms with Gasteiger partial charge in [0.2, 0.25) is 11.6 Å². The Morgan fingerprint density at radius 2 is 1.85 bits per heavy atom. The van der Waals surface area contributed by atoms with Gasteiger partial charge in [0.25, 0.3) is 0 Å². The molecule has 0 aliphatic carbocycles. The minimum Gasteiger partial charge on any atom is -0.465 e. The fourth-order valence-corrected chi connectivity index (χ4v) is 2.81. The average molecular weight is 360 g/mol. The van der Waals surface area contributed by atoms with Crippen LogP contribution in [0.4, 0.5) is 16.6 Å². The van der Waals surface area contributed by atoms with Crippen molar-refractivity contribution in [2.75, 3.05) is 10.6 Å². The van der Waals surface area contributed by atoms with Crippen LogP contribution in [0, 0.1) is 0 Å². The van der Waals surface area contributed by atoms with E-state index in [1.807, 2.05) is 30.3 Å². The van der Waals surface area contributed by atoms with E-state index in [-0.39, 0.29) is 5.95 Å². The molecule has 2 heterocycles. The Labute approximate surface area is 154 Å². The summed E-state index contributed by atoms with van der Waals surface area (Å²) in [5.74, 6) is 0.641. The van der Waals surface area contributed by atoms with Crippen LogP contribution < -0.4 is 10.6 Å². The third kappa shape index (κ3) is 3.54. The van der Waals surface area contributed by atoms with Crippen LogP contribution in [0.5, 0.6) is 0 Å². The fourth-order valence-electron chi connectivity index (χ4n) is 2.81. The van der Waals surface area contributed by atoms with Gasteiger partial charge in [0.15, 0.2) is 5.82 Å². The lowest BCUT2D eigenvalue weighted by Gasteiger charge is -2.09. The first-order valence-electron chi connectivity index (χ1n) is 8.28. The van der Waals surface area contributed by atoms with E-state index in [1.165, 1.54) is 4.40 Å². The highest BCUT2D eigenvalue weighted by atomic mass is 16.4. The van der Waals surface area contributed by atoms with E-state index in [0.717, 1.165) is 16.7 Å². The zero-order valence-corrected chi connectivity index (χ0v) is 14.2. The molecule has 27 heavy (non-hydrogen) atoms. The second-order valence-electron chi connectivity index (χ2n) is 5.84. The number of anilines is 2. The van der Waals surface area contributed by atoms with Gasteiger partial charge in [-0.05, 0) is 22.8 Å². The summed E-state index contributed by atoms with van der Waals surface area (Å²) < 4.78 is 1.53. The normalized spacial score (nSPS) is 10.7. The van der Waals surface area contributed by atoms with E-state index in [2.05, 4.69) is 50.1 Å². The molecule has 0 atom stereocenters. The van der Waals surface area contributed by atoms with Crippen LogP contribution in [-0.2, 0) is 6.54 Å². The van der Waals surface area contributed by atoms with E-state index >= 15 is 0 Å². The van der Waals surface area contributed by atoms with Crippen molar-refractivity contribution in [3.8, 4) is 11.1 Å². The Balaban J connectivity index is 1.56. The maximum atomic E-state index is 10.8. The van der Waals surface area contributed by atoms with Crippen LogP contribution in [0.2, 0.25) is 0 Å². The third-order valence-corrected chi connectivity index (χ3v) is 4.04. The first-order chi connectivity index (χ1) is 13.2. The average Bonchev–Trinajstić information content (AvgIpc) is 3.10. The zero-order chi connectivity index (χ0) is 18.6. The highest BCUT2D eigenvalue weighted by Crippen LogP contribution is 2.21. The van der Waals surface area contributed by atoms with Gasteiger partial charge in [0, 0.05) is 18.9 Å². The van der Waals surface area contributed by atoms with Crippen LogP contribution in [-0.4, -0.2) is 30.8 Å². The Bertz CT molecular complexity index is 1090. The van der Waals surface area contributed by atoms with Crippen molar-refractivity contribution in [3.05, 3.63) is 72.6 Å². The largest absolute Gasteiger partial charge is 0.465 e. The molecule has 4 rings (SSSR count). The monoisotopic (exact) mass is 360 g/mol. The summed E-state index contributed by atoms with van der Waals surface area (Å²) in [6.07, 6.45) is 1.96. The lowest BCUT2D eigenvalue weighted by Crippen LogP contribution is -2.10. The molecule has 3 N–H and O–H groups in total. The number of fused-ring (bicyclic) bond motifs is 1. The number of amides is 1. The molecule has 2 aromatic carbocycles. The molecular weight excluding hydrogens is 344 g/mol. The highest BCUT2D eigenvalue weighted by molar-refractivity contribution is 5.81. The van der Waals surface area contributed by atoms with E-state index in [1.54, 1.807) is 12.4 Å². The molecular formula is C19H16N6O2. The van der Waals surface area contributed by atoms with Gasteiger partial charge in [-0.3, -0.25) is 9.72 Å². The molecule has 8 heteroatoms. The van der Waals surface area contributed by atoms with Gasteiger partial charge in [0.05, 0.1) is 0 Å². The SMILES string of the molecule is O=C(O)Nc1nnc2c(NCc3cccc(-c4ccccc4)c3)nccn12. The van der Waals surface area contributed by atoms with Gasteiger partial charge in [0.1, 0.15) is 0 Å². The molecule has 8 nitrogen and oxygen atoms in total. The van der Waals surface area contributed by atoms with E-state index in [0.29, 0.717) is 18.0 Å². The Kier molecular flexibility index (Phi) is 4.36. The summed E-state index contributed by atoms with van der Waals surface area (Å²) in [5.41, 5.74) is 3.82. The van der Waals surface area contributed by atoms with Crippen molar-refractivity contribution in [1.82, 2.24) is 19.6 Å². The van der Waals surface area contributed by atoms with Crippen LogP contribution >= 0.6 is 0 Å². The molecule has 0 spiro atoms. The molecule has 0 aliphatic heterocycles. The van der Waals surface area contributed by atoms with E-state index in [4.69, 9.17) is 5.11 Å². The van der Waals surface area contributed by atoms with Gasteiger partial charge < -0.3 is 10.4 Å². The summed E-state index contributed by atoms with van der Waals surface area (Å²) in [6, 6.07) is 18.4. The maximum Gasteiger partial charge on any atom is 0.411 e. The van der Waals surface area contributed by atoms with Crippen molar-refractivity contribution < 1.29 is 9.90 Å². The number of hydrogen-bond donors (Lipinski definition) is 3. The summed E-state index contributed by atoms with van der Waals surface area (Å²) in [4.78, 5) is 15.1. The second-order valence-corrected chi connectivity index (χ2v) is 5.84. The number of rotatable bonds is 5. The number of nitrogens with zero attached hydrogens (tertiary/aromatic N) is 4. The van der Waals surface area contributed by atoms with Crippen molar-refractivity contribution in [1.29, 1.82) is 0 Å². The van der Waals surface area contributed by atoms with Gasteiger partial charge in [-0.1, -0.05) is 48.5 Å². The van der Waals surface area contributed by atoms with Crippen LogP contribution in [0.1, 0.15) is 5.56 Å². The van der Waals surface area contributed by atoms with Gasteiger partial charge in [-0.25, -0.2) is 9.78 Å². The van der Waals surface area contributed by atoms with Crippen LogP contribution in [0.25, 0.3) is 16.8 Å². The first-order valence-corrected chi connectivity index (χ1v) is 8.28. The number of nitrogens with one attached hydrogen (secondary N) is 2. The Morgan fingerprint density at radius 1 is 1.04 bits per heavy atom. The zero-order valence-electron chi connectivity index (χ0n) is 14.2. The van der Waals surface area contributed by atoms with Gasteiger partial charge in [-0.15, -0.1) is 10.2 Å². The summed E-state index contributed by atoms with van der Waals surface area (Å²) >= 11 is 0. The number of carbonyl (C=O) groups is 1. The molecule has 0 aliphatic rings. The molecule has 0 bridgehead atoms. The minimum absolute atomic E-state index is 0.119. The Morgan fingerprint density at radius 3 is 2.67 bits per heavy atom. The molecule has 1 amide bonds. The second kappa shape index (κ2) is 7.12. The fraction of sp³-hybridized carbons (Fsp3) is 0.0526. The molecule has 134 valence electrons. The van der Waals surface area contributed by atoms with Crippen molar-refractivity contribution in [3.63, 3.8) is 0 Å². The quantitative estimate of drug-likeness (QED) is 0.503. The van der Waals surface area contributed by atoms with E-state index in [9.17, 15) is 4.79 Å². The number of benzene rings is 2. The lowest BCUT2D eigenvalue weighted by molar-refractivity contribution is 0.209. The summed E-state index contributed by atoms with van der Waals surface area (Å²) in [7, 11) is 0. The Hall–Kier alpha value is -3.94. The van der Waals surface area contributed by atoms with Gasteiger partial charge in [-0.2, -0.15) is 0 Å². The maximum absolute atomic E-state index is 10.8. The summed E-state index contributed by atoms with van der Waals surface area (Å²) in [5, 5.41) is 22.2. The standard InChI is InChI=1S/C19H16N6O2/c26-19(27)22-18-24-23-17-16(20-9-10-25(17)18)21-12-13-5-4-8-15(11-13)14-6-2-1-3-7-14/h1-11H,12H2,(H,20,21)(H,22,24)(H,26,27). The smallest absolute Gasteiger partial charge is 0.411 e. The van der Waals surface area contributed by atoms with Crippen LogP contribution in [0.3, 0.4) is 0 Å². The lowest BCUT2D eigenvalue weighted by atomic mass is 10.0. The van der Waals surface area contributed by atoms with E-state index < -0.39 is 6.09 Å². The molecule has 0 unspecified atom stereocenters. The van der Waals surface area contributed by atoms with Gasteiger partial charge >= 0.3 is 6.09 Å². The molecule has 2 aromatic heterocycles. The minimum atomic E-state index is -1.20. The number of aromatic nitrogens is 4. The molecule has 0 saturated heterocycles. The predicted molar refractivity (Wildman–Crippen MR) is 102 cm³/mol. The summed E-state index contributed by atoms with van der Waals surface area (Å²) in [6.45, 7) is 0.544. The molecule has 4 aromatic rings. The van der Waals surface area contributed by atoms with Crippen molar-refractivity contribution in [2.24, 2.45) is 0 Å². The molecule has 0 radical (unpaired) electrons. The number of carboxylic acid groups (broad SMARTS) is 1. The third-order valence-electron chi connectivity index (χ3n) is 4.04. The topological polar surface area (TPSA) is 104 Å². The molecule has 0 fully saturated rings. The molecule has 0 saturated carbocycles. The first kappa shape index (κ1) is 16.5. The highest BCUT2D eigenvalue weighted by Gasteiger charge is 2.12.